The topological polar surface area (TPSA) is 68.2 Å². The SMILES string of the molecule is C=CCNC(N)=NCc1cnn(C)c1C. The van der Waals surface area contributed by atoms with Crippen LogP contribution in [0.4, 0.5) is 0 Å². The molecule has 0 unspecified atom stereocenters. The van der Waals surface area contributed by atoms with Gasteiger partial charge in [0, 0.05) is 24.8 Å². The second-order valence-electron chi connectivity index (χ2n) is 3.25. The van der Waals surface area contributed by atoms with Crippen LogP contribution >= 0.6 is 0 Å². The predicted molar refractivity (Wildman–Crippen MR) is 61.5 cm³/mol. The first-order valence-electron chi connectivity index (χ1n) is 4.77. The number of aliphatic imine (C=N–C) groups is 1. The van der Waals surface area contributed by atoms with E-state index >= 15 is 0 Å². The summed E-state index contributed by atoms with van der Waals surface area (Å²) in [7, 11) is 1.90. The lowest BCUT2D eigenvalue weighted by molar-refractivity contribution is 0.737. The minimum absolute atomic E-state index is 0.429. The van der Waals surface area contributed by atoms with Gasteiger partial charge in [-0.25, -0.2) is 4.99 Å². The fourth-order valence-electron chi connectivity index (χ4n) is 1.10. The molecule has 1 aromatic rings. The Morgan fingerprint density at radius 3 is 3.07 bits per heavy atom. The lowest BCUT2D eigenvalue weighted by atomic mass is 10.3. The maximum absolute atomic E-state index is 5.63. The molecule has 3 N–H and O–H groups in total. The summed E-state index contributed by atoms with van der Waals surface area (Å²) in [6.07, 6.45) is 3.54. The molecule has 0 aromatic carbocycles. The first kappa shape index (κ1) is 11.3. The molecule has 0 spiro atoms. The number of hydrogen-bond donors (Lipinski definition) is 2. The van der Waals surface area contributed by atoms with Gasteiger partial charge >= 0.3 is 0 Å². The number of rotatable bonds is 4. The van der Waals surface area contributed by atoms with Gasteiger partial charge in [0.1, 0.15) is 0 Å². The van der Waals surface area contributed by atoms with E-state index in [2.05, 4.69) is 22.0 Å². The fraction of sp³-hybridized carbons (Fsp3) is 0.400. The standard InChI is InChI=1S/C10H17N5/c1-4-5-12-10(11)13-6-9-7-14-15(3)8(9)2/h4,7H,1,5-6H2,2-3H3,(H3,11,12,13). The van der Waals surface area contributed by atoms with Gasteiger partial charge in [-0.05, 0) is 6.92 Å². The van der Waals surface area contributed by atoms with Crippen LogP contribution in [-0.2, 0) is 13.6 Å². The Balaban J connectivity index is 2.55. The second-order valence-corrected chi connectivity index (χ2v) is 3.25. The van der Waals surface area contributed by atoms with E-state index < -0.39 is 0 Å². The molecule has 1 aromatic heterocycles. The number of nitrogens with two attached hydrogens (primary N) is 1. The molecular weight excluding hydrogens is 190 g/mol. The average molecular weight is 207 g/mol. The van der Waals surface area contributed by atoms with Gasteiger partial charge < -0.3 is 11.1 Å². The number of nitrogens with zero attached hydrogens (tertiary/aromatic N) is 3. The van der Waals surface area contributed by atoms with Crippen LogP contribution in [0.2, 0.25) is 0 Å². The smallest absolute Gasteiger partial charge is 0.189 e. The largest absolute Gasteiger partial charge is 0.370 e. The van der Waals surface area contributed by atoms with Gasteiger partial charge in [-0.2, -0.15) is 5.10 Å². The summed E-state index contributed by atoms with van der Waals surface area (Å²) in [6.45, 7) is 6.76. The van der Waals surface area contributed by atoms with E-state index in [1.54, 1.807) is 12.3 Å². The van der Waals surface area contributed by atoms with Crippen LogP contribution in [0.3, 0.4) is 0 Å². The molecule has 0 aliphatic carbocycles. The first-order chi connectivity index (χ1) is 7.15. The van der Waals surface area contributed by atoms with E-state index in [0.29, 0.717) is 19.0 Å². The van der Waals surface area contributed by atoms with E-state index in [-0.39, 0.29) is 0 Å². The highest BCUT2D eigenvalue weighted by Gasteiger charge is 2.01. The van der Waals surface area contributed by atoms with Crippen molar-refractivity contribution >= 4 is 5.96 Å². The van der Waals surface area contributed by atoms with Crippen molar-refractivity contribution in [2.24, 2.45) is 17.8 Å². The van der Waals surface area contributed by atoms with Crippen LogP contribution in [0.1, 0.15) is 11.3 Å². The summed E-state index contributed by atoms with van der Waals surface area (Å²) in [5.74, 6) is 0.429. The molecular formula is C10H17N5. The van der Waals surface area contributed by atoms with Gasteiger partial charge in [-0.3, -0.25) is 4.68 Å². The van der Waals surface area contributed by atoms with Gasteiger partial charge in [-0.15, -0.1) is 6.58 Å². The average Bonchev–Trinajstić information content (AvgIpc) is 2.54. The van der Waals surface area contributed by atoms with Crippen LogP contribution < -0.4 is 11.1 Å². The first-order valence-corrected chi connectivity index (χ1v) is 4.77. The van der Waals surface area contributed by atoms with Crippen LogP contribution in [0.25, 0.3) is 0 Å². The van der Waals surface area contributed by atoms with Gasteiger partial charge in [0.15, 0.2) is 5.96 Å². The second kappa shape index (κ2) is 5.19. The van der Waals surface area contributed by atoms with E-state index in [0.717, 1.165) is 11.3 Å². The Hall–Kier alpha value is -1.78. The summed E-state index contributed by atoms with van der Waals surface area (Å²) in [6, 6.07) is 0. The maximum atomic E-state index is 5.63. The van der Waals surface area contributed by atoms with Gasteiger partial charge in [0.2, 0.25) is 0 Å². The molecule has 82 valence electrons. The zero-order valence-corrected chi connectivity index (χ0v) is 9.20. The van der Waals surface area contributed by atoms with Crippen LogP contribution in [-0.4, -0.2) is 22.3 Å². The highest BCUT2D eigenvalue weighted by atomic mass is 15.3. The summed E-state index contributed by atoms with van der Waals surface area (Å²) in [4.78, 5) is 4.19. The molecule has 0 aliphatic rings. The highest BCUT2D eigenvalue weighted by Crippen LogP contribution is 2.06. The number of guanidine groups is 1. The maximum Gasteiger partial charge on any atom is 0.189 e. The van der Waals surface area contributed by atoms with Crippen molar-refractivity contribution in [2.45, 2.75) is 13.5 Å². The Bertz CT molecular complexity index is 364. The van der Waals surface area contributed by atoms with Crippen LogP contribution in [0.5, 0.6) is 0 Å². The normalized spacial score (nSPS) is 11.5. The molecule has 0 saturated heterocycles. The molecule has 0 radical (unpaired) electrons. The van der Waals surface area contributed by atoms with Crippen molar-refractivity contribution in [2.75, 3.05) is 6.54 Å². The van der Waals surface area contributed by atoms with Crippen molar-refractivity contribution < 1.29 is 0 Å². The minimum Gasteiger partial charge on any atom is -0.370 e. The molecule has 0 saturated carbocycles. The lowest BCUT2D eigenvalue weighted by Gasteiger charge is -2.01. The molecule has 0 bridgehead atoms. The fourth-order valence-corrected chi connectivity index (χ4v) is 1.10. The van der Waals surface area contributed by atoms with Gasteiger partial charge in [0.05, 0.1) is 12.7 Å². The molecule has 15 heavy (non-hydrogen) atoms. The Morgan fingerprint density at radius 2 is 2.53 bits per heavy atom. The summed E-state index contributed by atoms with van der Waals surface area (Å²) >= 11 is 0. The third kappa shape index (κ3) is 3.12. The van der Waals surface area contributed by atoms with Crippen molar-refractivity contribution in [1.29, 1.82) is 0 Å². The molecule has 0 amide bonds. The van der Waals surface area contributed by atoms with Crippen molar-refractivity contribution in [3.63, 3.8) is 0 Å². The van der Waals surface area contributed by atoms with E-state index in [4.69, 9.17) is 5.73 Å². The zero-order valence-electron chi connectivity index (χ0n) is 9.20. The number of nitrogens with one attached hydrogen (secondary N) is 1. The Labute approximate surface area is 89.7 Å². The third-order valence-electron chi connectivity index (χ3n) is 2.18. The molecule has 0 atom stereocenters. The highest BCUT2D eigenvalue weighted by molar-refractivity contribution is 5.77. The zero-order chi connectivity index (χ0) is 11.3. The molecule has 5 heteroatoms. The van der Waals surface area contributed by atoms with Gasteiger partial charge in [-0.1, -0.05) is 6.08 Å². The Kier molecular flexibility index (Phi) is 3.91. The molecule has 1 heterocycles. The van der Waals surface area contributed by atoms with E-state index in [1.165, 1.54) is 0 Å². The molecule has 0 fully saturated rings. The van der Waals surface area contributed by atoms with Crippen LogP contribution in [0.15, 0.2) is 23.8 Å². The quantitative estimate of drug-likeness (QED) is 0.424. The van der Waals surface area contributed by atoms with Crippen molar-refractivity contribution in [3.8, 4) is 0 Å². The van der Waals surface area contributed by atoms with Crippen LogP contribution in [0, 0.1) is 6.92 Å². The third-order valence-corrected chi connectivity index (χ3v) is 2.18. The summed E-state index contributed by atoms with van der Waals surface area (Å²) in [5, 5.41) is 7.04. The Morgan fingerprint density at radius 1 is 1.80 bits per heavy atom. The summed E-state index contributed by atoms with van der Waals surface area (Å²) in [5.41, 5.74) is 7.82. The molecule has 5 nitrogen and oxygen atoms in total. The number of hydrogen-bond acceptors (Lipinski definition) is 2. The lowest BCUT2D eigenvalue weighted by Crippen LogP contribution is -2.31. The van der Waals surface area contributed by atoms with Gasteiger partial charge in [0.25, 0.3) is 0 Å². The monoisotopic (exact) mass is 207 g/mol. The van der Waals surface area contributed by atoms with E-state index in [1.807, 2.05) is 18.7 Å². The summed E-state index contributed by atoms with van der Waals surface area (Å²) < 4.78 is 1.82. The molecule has 0 aliphatic heterocycles. The number of aromatic nitrogens is 2. The molecule has 1 rings (SSSR count). The number of aryl methyl sites for hydroxylation is 1. The van der Waals surface area contributed by atoms with E-state index in [9.17, 15) is 0 Å². The van der Waals surface area contributed by atoms with Crippen molar-refractivity contribution in [3.05, 3.63) is 30.1 Å². The predicted octanol–water partition coefficient (Wildman–Crippen LogP) is 0.319. The van der Waals surface area contributed by atoms with Crippen molar-refractivity contribution in [1.82, 2.24) is 15.1 Å². The minimum atomic E-state index is 0.429.